The summed E-state index contributed by atoms with van der Waals surface area (Å²) in [6.07, 6.45) is 1.77. The average Bonchev–Trinajstić information content (AvgIpc) is 3.10. The van der Waals surface area contributed by atoms with Crippen LogP contribution in [0.25, 0.3) is 0 Å². The Hall–Kier alpha value is -3.64. The van der Waals surface area contributed by atoms with Crippen LogP contribution in [0.1, 0.15) is 33.1 Å². The van der Waals surface area contributed by atoms with Gasteiger partial charge in [0.15, 0.2) is 6.04 Å². The molecule has 162 valence electrons. The molecule has 1 aliphatic rings. The maximum atomic E-state index is 13.0. The van der Waals surface area contributed by atoms with Gasteiger partial charge in [0.1, 0.15) is 5.75 Å². The SMILES string of the molecule is COc1ccc([C@H]2[C@@H](NC(=O)c3cccc(C)c3)C(=O)N/[N+]2=C\c2ccccc2Cl)cc1. The van der Waals surface area contributed by atoms with Crippen molar-refractivity contribution in [3.63, 3.8) is 0 Å². The van der Waals surface area contributed by atoms with Crippen LogP contribution in [0.5, 0.6) is 5.75 Å². The van der Waals surface area contributed by atoms with Crippen LogP contribution in [0.3, 0.4) is 0 Å². The van der Waals surface area contributed by atoms with E-state index >= 15 is 0 Å². The van der Waals surface area contributed by atoms with E-state index in [1.165, 1.54) is 0 Å². The summed E-state index contributed by atoms with van der Waals surface area (Å²) < 4.78 is 6.95. The highest BCUT2D eigenvalue weighted by atomic mass is 35.5. The fourth-order valence-electron chi connectivity index (χ4n) is 3.72. The molecule has 0 aromatic heterocycles. The van der Waals surface area contributed by atoms with Crippen molar-refractivity contribution in [1.82, 2.24) is 10.7 Å². The Kier molecular flexibility index (Phi) is 6.23. The van der Waals surface area contributed by atoms with Crippen molar-refractivity contribution in [1.29, 1.82) is 0 Å². The first-order chi connectivity index (χ1) is 15.5. The normalized spacial score (nSPS) is 19.0. The Morgan fingerprint density at radius 3 is 2.53 bits per heavy atom. The molecule has 2 amide bonds. The fraction of sp³-hybridized carbons (Fsp3) is 0.160. The van der Waals surface area contributed by atoms with Crippen molar-refractivity contribution >= 4 is 29.6 Å². The lowest BCUT2D eigenvalue weighted by Gasteiger charge is -2.15. The highest BCUT2D eigenvalue weighted by Crippen LogP contribution is 2.27. The Morgan fingerprint density at radius 2 is 1.84 bits per heavy atom. The molecule has 7 heteroatoms. The van der Waals surface area contributed by atoms with E-state index in [-0.39, 0.29) is 11.8 Å². The van der Waals surface area contributed by atoms with Crippen molar-refractivity contribution in [2.45, 2.75) is 19.0 Å². The van der Waals surface area contributed by atoms with E-state index in [0.717, 1.165) is 16.7 Å². The number of nitrogens with zero attached hydrogens (tertiary/aromatic N) is 1. The van der Waals surface area contributed by atoms with Crippen LogP contribution in [0.2, 0.25) is 5.02 Å². The van der Waals surface area contributed by atoms with Gasteiger partial charge in [-0.1, -0.05) is 41.4 Å². The summed E-state index contributed by atoms with van der Waals surface area (Å²) in [6.45, 7) is 1.92. The van der Waals surface area contributed by atoms with E-state index in [2.05, 4.69) is 10.7 Å². The summed E-state index contributed by atoms with van der Waals surface area (Å²) in [5.74, 6) is 0.0788. The summed E-state index contributed by atoms with van der Waals surface area (Å²) in [7, 11) is 1.60. The maximum absolute atomic E-state index is 13.0. The number of hydrazone groups is 1. The van der Waals surface area contributed by atoms with Gasteiger partial charge in [-0.3, -0.25) is 9.59 Å². The first kappa shape index (κ1) is 21.6. The molecule has 3 aromatic carbocycles. The molecule has 6 nitrogen and oxygen atoms in total. The third-order valence-corrected chi connectivity index (χ3v) is 5.69. The molecular formula is C25H23ClN3O3+. The molecule has 0 unspecified atom stereocenters. The zero-order valence-electron chi connectivity index (χ0n) is 17.7. The number of methoxy groups -OCH3 is 1. The third-order valence-electron chi connectivity index (χ3n) is 5.34. The van der Waals surface area contributed by atoms with Crippen molar-refractivity contribution in [3.8, 4) is 5.75 Å². The second-order valence-electron chi connectivity index (χ2n) is 7.57. The Balaban J connectivity index is 1.72. The molecular weight excluding hydrogens is 426 g/mol. The van der Waals surface area contributed by atoms with Crippen molar-refractivity contribution in [2.24, 2.45) is 0 Å². The molecule has 0 aliphatic carbocycles. The standard InChI is InChI=1S/C25H22ClN3O3/c1-16-6-5-8-18(14-16)24(30)27-22-23(17-10-12-20(32-2)13-11-17)29(28-25(22)31)15-19-7-3-4-9-21(19)26/h3-15,22-23H,1-2H3,(H-,27,28,30,31)/p+1/b29-15-/t22-,23+/m1/s1. The van der Waals surface area contributed by atoms with Gasteiger partial charge in [0.05, 0.1) is 17.7 Å². The number of nitrogens with one attached hydrogen (secondary N) is 2. The van der Waals surface area contributed by atoms with Crippen LogP contribution in [-0.2, 0) is 4.79 Å². The molecule has 0 bridgehead atoms. The lowest BCUT2D eigenvalue weighted by atomic mass is 9.99. The van der Waals surface area contributed by atoms with Crippen LogP contribution in [0, 0.1) is 6.92 Å². The molecule has 3 aromatic rings. The lowest BCUT2D eigenvalue weighted by Crippen LogP contribution is -2.42. The third kappa shape index (κ3) is 4.50. The summed E-state index contributed by atoms with van der Waals surface area (Å²) in [4.78, 5) is 25.9. The van der Waals surface area contributed by atoms with E-state index in [0.29, 0.717) is 16.3 Å². The molecule has 2 atom stereocenters. The maximum Gasteiger partial charge on any atom is 0.304 e. The summed E-state index contributed by atoms with van der Waals surface area (Å²) in [6, 6.07) is 20.7. The number of rotatable bonds is 5. The predicted octanol–water partition coefficient (Wildman–Crippen LogP) is 3.67. The van der Waals surface area contributed by atoms with Gasteiger partial charge < -0.3 is 10.1 Å². The topological polar surface area (TPSA) is 70.4 Å². The quantitative estimate of drug-likeness (QED) is 0.585. The smallest absolute Gasteiger partial charge is 0.304 e. The van der Waals surface area contributed by atoms with Gasteiger partial charge >= 0.3 is 5.91 Å². The van der Waals surface area contributed by atoms with Crippen molar-refractivity contribution in [2.75, 3.05) is 7.11 Å². The zero-order valence-corrected chi connectivity index (χ0v) is 18.5. The van der Waals surface area contributed by atoms with Gasteiger partial charge in [-0.25, -0.2) is 0 Å². The average molecular weight is 449 g/mol. The predicted molar refractivity (Wildman–Crippen MR) is 123 cm³/mol. The Morgan fingerprint density at radius 1 is 1.09 bits per heavy atom. The lowest BCUT2D eigenvalue weighted by molar-refractivity contribution is -0.596. The van der Waals surface area contributed by atoms with E-state index in [1.807, 2.05) is 61.5 Å². The van der Waals surface area contributed by atoms with Crippen LogP contribution in [0.15, 0.2) is 72.8 Å². The van der Waals surface area contributed by atoms with E-state index < -0.39 is 12.1 Å². The minimum absolute atomic E-state index is 0.310. The number of carbonyl (C=O) groups is 2. The number of aryl methyl sites for hydroxylation is 1. The van der Waals surface area contributed by atoms with E-state index in [1.54, 1.807) is 36.2 Å². The van der Waals surface area contributed by atoms with Crippen LogP contribution < -0.4 is 15.5 Å². The molecule has 1 aliphatic heterocycles. The molecule has 1 heterocycles. The second kappa shape index (κ2) is 9.24. The molecule has 2 N–H and O–H groups in total. The minimum Gasteiger partial charge on any atom is -0.497 e. The second-order valence-corrected chi connectivity index (χ2v) is 7.98. The molecule has 0 radical (unpaired) electrons. The number of benzene rings is 3. The number of hydrogen-bond donors (Lipinski definition) is 2. The number of carbonyl (C=O) groups excluding carboxylic acids is 2. The van der Waals surface area contributed by atoms with E-state index in [4.69, 9.17) is 16.3 Å². The zero-order chi connectivity index (χ0) is 22.7. The molecule has 4 rings (SSSR count). The summed E-state index contributed by atoms with van der Waals surface area (Å²) in [5.41, 5.74) is 5.91. The Bertz CT molecular complexity index is 1190. The van der Waals surface area contributed by atoms with Gasteiger partial charge in [0.2, 0.25) is 12.3 Å². The molecule has 1 saturated heterocycles. The first-order valence-corrected chi connectivity index (χ1v) is 10.5. The molecule has 32 heavy (non-hydrogen) atoms. The number of hydrazine groups is 1. The molecule has 0 spiro atoms. The van der Waals surface area contributed by atoms with Crippen LogP contribution in [0.4, 0.5) is 0 Å². The Labute approximate surface area is 191 Å². The monoisotopic (exact) mass is 448 g/mol. The fourth-order valence-corrected chi connectivity index (χ4v) is 3.91. The summed E-state index contributed by atoms with van der Waals surface area (Å²) >= 11 is 6.33. The summed E-state index contributed by atoms with van der Waals surface area (Å²) in [5, 5.41) is 3.46. The number of amides is 2. The van der Waals surface area contributed by atoms with Gasteiger partial charge in [-0.2, -0.15) is 0 Å². The number of halogens is 1. The molecule has 1 fully saturated rings. The number of hydrogen-bond acceptors (Lipinski definition) is 3. The van der Waals surface area contributed by atoms with Crippen molar-refractivity contribution < 1.29 is 19.0 Å². The highest BCUT2D eigenvalue weighted by molar-refractivity contribution is 6.32. The van der Waals surface area contributed by atoms with Crippen LogP contribution in [-0.4, -0.2) is 35.9 Å². The van der Waals surface area contributed by atoms with Gasteiger partial charge in [0, 0.05) is 11.1 Å². The number of ether oxygens (including phenoxy) is 1. The van der Waals surface area contributed by atoms with Crippen LogP contribution >= 0.6 is 11.6 Å². The minimum atomic E-state index is -0.810. The first-order valence-electron chi connectivity index (χ1n) is 10.2. The van der Waals surface area contributed by atoms with Gasteiger partial charge in [0.25, 0.3) is 5.91 Å². The largest absolute Gasteiger partial charge is 0.497 e. The van der Waals surface area contributed by atoms with Crippen molar-refractivity contribution in [3.05, 3.63) is 100 Å². The van der Waals surface area contributed by atoms with Gasteiger partial charge in [-0.05, 0) is 55.5 Å². The molecule has 0 saturated carbocycles. The highest BCUT2D eigenvalue weighted by Gasteiger charge is 2.47. The van der Waals surface area contributed by atoms with E-state index in [9.17, 15) is 9.59 Å². The van der Waals surface area contributed by atoms with Gasteiger partial charge in [-0.15, -0.1) is 10.1 Å².